The fourth-order valence-corrected chi connectivity index (χ4v) is 0. The molecule has 0 aromatic carbocycles. The summed E-state index contributed by atoms with van der Waals surface area (Å²) in [7, 11) is 0. The average molecular weight is 102 g/mol. The van der Waals surface area contributed by atoms with Gasteiger partial charge in [-0.1, -0.05) is 0 Å². The molecule has 0 aliphatic carbocycles. The highest BCUT2D eigenvalue weighted by molar-refractivity contribution is 5.85. The van der Waals surface area contributed by atoms with E-state index in [0.717, 1.165) is 0 Å². The molecule has 0 saturated heterocycles. The van der Waals surface area contributed by atoms with Gasteiger partial charge in [-0.05, 0) is 0 Å². The lowest BCUT2D eigenvalue weighted by Gasteiger charge is -1.62. The summed E-state index contributed by atoms with van der Waals surface area (Å²) < 4.78 is 0. The van der Waals surface area contributed by atoms with Crippen LogP contribution in [0.15, 0.2) is 0 Å². The van der Waals surface area contributed by atoms with Crippen molar-refractivity contribution in [3.63, 3.8) is 0 Å². The van der Waals surface area contributed by atoms with Crippen LogP contribution >= 0.6 is 12.4 Å². The second kappa shape index (κ2) is 31.7. The molecule has 0 radical (unpaired) electrons. The minimum absolute atomic E-state index is 0. The standard InChI is InChI=1S/ClH.H4N2O.H3N/c;1-3-2;/h1H;1-2H2;1H3. The Morgan fingerprint density at radius 2 is 1.20 bits per heavy atom. The first-order valence-electron chi connectivity index (χ1n) is 0.471. The van der Waals surface area contributed by atoms with E-state index < -0.39 is 0 Å². The van der Waals surface area contributed by atoms with Crippen molar-refractivity contribution in [3.05, 3.63) is 0 Å². The molecule has 0 aliphatic heterocycles. The number of rotatable bonds is 0. The monoisotopic (exact) mass is 101 g/mol. The van der Waals surface area contributed by atoms with Crippen molar-refractivity contribution >= 4 is 12.4 Å². The first kappa shape index (κ1) is 19.3. The quantitative estimate of drug-likeness (QED) is 0.353. The lowest BCUT2D eigenvalue weighted by atomic mass is 13.3. The van der Waals surface area contributed by atoms with Gasteiger partial charge in [0, 0.05) is 0 Å². The Kier molecular flexibility index (Phi) is 122. The summed E-state index contributed by atoms with van der Waals surface area (Å²) in [5, 5.41) is 0. The number of halogens is 1. The van der Waals surface area contributed by atoms with Gasteiger partial charge in [0.25, 0.3) is 0 Å². The van der Waals surface area contributed by atoms with Crippen LogP contribution in [0.25, 0.3) is 0 Å². The van der Waals surface area contributed by atoms with Crippen LogP contribution in [0.5, 0.6) is 0 Å². The minimum atomic E-state index is 0. The number of hydrogen-bond donors (Lipinski definition) is 3. The van der Waals surface area contributed by atoms with E-state index in [1.54, 1.807) is 0 Å². The van der Waals surface area contributed by atoms with Crippen LogP contribution in [0.4, 0.5) is 0 Å². The highest BCUT2D eigenvalue weighted by Gasteiger charge is 1.21. The normalized spacial score (nSPS) is 3.60. The summed E-state index contributed by atoms with van der Waals surface area (Å²) in [6, 6.07) is 0. The van der Waals surface area contributed by atoms with E-state index in [-0.39, 0.29) is 18.6 Å². The lowest BCUT2D eigenvalue weighted by molar-refractivity contribution is 0.142. The third kappa shape index (κ3) is 1110. The van der Waals surface area contributed by atoms with Crippen molar-refractivity contribution in [2.75, 3.05) is 0 Å². The Hall–Kier alpha value is 0.130. The molecule has 0 unspecified atom stereocenters. The maximum absolute atomic E-state index is 4.12. The van der Waals surface area contributed by atoms with Crippen molar-refractivity contribution in [2.45, 2.75) is 0 Å². The van der Waals surface area contributed by atoms with Crippen molar-refractivity contribution < 1.29 is 4.94 Å². The molecule has 0 atom stereocenters. The molecular weight excluding hydrogens is 93.5 g/mol. The van der Waals surface area contributed by atoms with Crippen LogP contribution in [0.1, 0.15) is 0 Å². The second-order valence-electron chi connectivity index (χ2n) is 0.136. The first-order valence-corrected chi connectivity index (χ1v) is 0.471. The molecule has 36 valence electrons. The molecule has 0 aromatic rings. The van der Waals surface area contributed by atoms with Gasteiger partial charge in [0.15, 0.2) is 0 Å². The third-order valence-electron chi connectivity index (χ3n) is 0. The summed E-state index contributed by atoms with van der Waals surface area (Å²) >= 11 is 0. The summed E-state index contributed by atoms with van der Waals surface area (Å²) in [5.41, 5.74) is 0. The molecule has 0 spiro atoms. The van der Waals surface area contributed by atoms with Crippen LogP contribution in [0, 0.1) is 0 Å². The molecule has 5 heteroatoms. The Morgan fingerprint density at radius 1 is 1.20 bits per heavy atom. The smallest absolute Gasteiger partial charge is 0.147 e. The van der Waals surface area contributed by atoms with Gasteiger partial charge in [-0.3, -0.25) is 0 Å². The Labute approximate surface area is 36.4 Å². The van der Waals surface area contributed by atoms with Crippen LogP contribution in [0.3, 0.4) is 0 Å². The Bertz CT molecular complexity index is 6.85. The van der Waals surface area contributed by atoms with Crippen molar-refractivity contribution in [1.29, 1.82) is 0 Å². The largest absolute Gasteiger partial charge is 0.344 e. The highest BCUT2D eigenvalue weighted by atomic mass is 35.5. The minimum Gasteiger partial charge on any atom is -0.344 e. The molecule has 0 rings (SSSR count). The van der Waals surface area contributed by atoms with Crippen LogP contribution in [-0.2, 0) is 4.94 Å². The molecule has 0 amide bonds. The Morgan fingerprint density at radius 3 is 1.20 bits per heavy atom. The van der Waals surface area contributed by atoms with E-state index >= 15 is 0 Å². The zero-order chi connectivity index (χ0) is 2.71. The summed E-state index contributed by atoms with van der Waals surface area (Å²) in [6.45, 7) is 0. The third-order valence-corrected chi connectivity index (χ3v) is 0. The maximum Gasteiger partial charge on any atom is -0.147 e. The van der Waals surface area contributed by atoms with E-state index in [1.165, 1.54) is 0 Å². The lowest BCUT2D eigenvalue weighted by Crippen LogP contribution is -2.03. The molecule has 0 aromatic heterocycles. The summed E-state index contributed by atoms with van der Waals surface area (Å²) in [5.74, 6) is 8.25. The van der Waals surface area contributed by atoms with Gasteiger partial charge in [0.1, 0.15) is 0 Å². The van der Waals surface area contributed by atoms with Crippen LogP contribution in [0.2, 0.25) is 0 Å². The predicted molar refractivity (Wildman–Crippen MR) is 21.7 cm³/mol. The molecule has 4 nitrogen and oxygen atoms in total. The topological polar surface area (TPSA) is 96.3 Å². The SMILES string of the molecule is Cl.N.NON. The van der Waals surface area contributed by atoms with Gasteiger partial charge >= 0.3 is 0 Å². The van der Waals surface area contributed by atoms with Gasteiger partial charge in [-0.2, -0.15) is 11.8 Å². The average Bonchev–Trinajstić information content (AvgIpc) is 0.918. The van der Waals surface area contributed by atoms with Crippen LogP contribution < -0.4 is 17.9 Å². The van der Waals surface area contributed by atoms with E-state index in [2.05, 4.69) is 16.7 Å². The van der Waals surface area contributed by atoms with E-state index in [1.807, 2.05) is 0 Å². The molecule has 0 fully saturated rings. The molecule has 7 N–H and O–H groups in total. The fraction of sp³-hybridized carbons (Fsp3) is 0. The van der Waals surface area contributed by atoms with E-state index in [0.29, 0.717) is 0 Å². The molecular formula is H8ClN3O. The predicted octanol–water partition coefficient (Wildman–Crippen LogP) is -0.666. The maximum atomic E-state index is 4.12. The van der Waals surface area contributed by atoms with Gasteiger partial charge in [0.2, 0.25) is 0 Å². The number of nitrogens with two attached hydrogens (primary N) is 2. The summed E-state index contributed by atoms with van der Waals surface area (Å²) in [6.07, 6.45) is 0. The van der Waals surface area contributed by atoms with Crippen molar-refractivity contribution in [3.8, 4) is 0 Å². The Balaban J connectivity index is -0.0000000200. The van der Waals surface area contributed by atoms with Crippen molar-refractivity contribution in [1.82, 2.24) is 6.15 Å². The van der Waals surface area contributed by atoms with Gasteiger partial charge < -0.3 is 6.15 Å². The molecule has 5 heavy (non-hydrogen) atoms. The van der Waals surface area contributed by atoms with Gasteiger partial charge in [-0.25, -0.2) is 4.94 Å². The van der Waals surface area contributed by atoms with E-state index in [9.17, 15) is 0 Å². The molecule has 0 aliphatic rings. The zero-order valence-corrected chi connectivity index (χ0v) is 3.49. The fourth-order valence-electron chi connectivity index (χ4n) is 0. The molecule has 0 bridgehead atoms. The van der Waals surface area contributed by atoms with Gasteiger partial charge in [-0.15, -0.1) is 12.4 Å². The van der Waals surface area contributed by atoms with Crippen molar-refractivity contribution in [2.24, 2.45) is 11.8 Å². The number of hydrogen-bond acceptors (Lipinski definition) is 4. The van der Waals surface area contributed by atoms with Gasteiger partial charge in [0.05, 0.1) is 0 Å². The molecule has 0 saturated carbocycles. The first-order chi connectivity index (χ1) is 1.41. The summed E-state index contributed by atoms with van der Waals surface area (Å²) in [4.78, 5) is 3.25. The van der Waals surface area contributed by atoms with Crippen LogP contribution in [-0.4, -0.2) is 0 Å². The second-order valence-corrected chi connectivity index (χ2v) is 0.136. The molecule has 0 heterocycles. The highest BCUT2D eigenvalue weighted by Crippen LogP contribution is 0.949. The zero-order valence-electron chi connectivity index (χ0n) is 2.68. The van der Waals surface area contributed by atoms with E-state index in [4.69, 9.17) is 0 Å².